The molecule has 0 N–H and O–H groups in total. The highest BCUT2D eigenvalue weighted by molar-refractivity contribution is 7.07. The van der Waals surface area contributed by atoms with Crippen molar-refractivity contribution < 1.29 is 0 Å². The van der Waals surface area contributed by atoms with Crippen LogP contribution in [0.15, 0.2) is 47.3 Å². The minimum atomic E-state index is -0.230. The van der Waals surface area contributed by atoms with E-state index in [1.165, 1.54) is 15.9 Å². The SMILES string of the molecule is Cc1ccc(C)c(/C=c2/sc(=C(C#N)C#N)n(-c3ccc(C(C)C)cc3)c2=O)c1. The molecule has 0 aliphatic carbocycles. The van der Waals surface area contributed by atoms with Gasteiger partial charge in [-0.1, -0.05) is 49.7 Å². The molecule has 5 heteroatoms. The third-order valence-electron chi connectivity index (χ3n) is 4.80. The Morgan fingerprint density at radius 1 is 1.07 bits per heavy atom. The van der Waals surface area contributed by atoms with Gasteiger partial charge in [0.05, 0.1) is 10.2 Å². The maximum Gasteiger partial charge on any atom is 0.273 e. The Kier molecular flexibility index (Phi) is 5.82. The molecule has 144 valence electrons. The van der Waals surface area contributed by atoms with Crippen LogP contribution in [0.3, 0.4) is 0 Å². The van der Waals surface area contributed by atoms with Gasteiger partial charge in [-0.2, -0.15) is 10.5 Å². The van der Waals surface area contributed by atoms with Crippen molar-refractivity contribution >= 4 is 23.0 Å². The zero-order valence-corrected chi connectivity index (χ0v) is 17.7. The fourth-order valence-corrected chi connectivity index (χ4v) is 4.12. The first-order chi connectivity index (χ1) is 13.8. The van der Waals surface area contributed by atoms with E-state index >= 15 is 0 Å². The predicted octanol–water partition coefficient (Wildman–Crippen LogP) is 3.67. The van der Waals surface area contributed by atoms with Crippen molar-refractivity contribution in [2.75, 3.05) is 0 Å². The second kappa shape index (κ2) is 8.31. The second-order valence-corrected chi connectivity index (χ2v) is 8.29. The van der Waals surface area contributed by atoms with E-state index in [4.69, 9.17) is 0 Å². The number of benzene rings is 2. The number of aryl methyl sites for hydroxylation is 2. The summed E-state index contributed by atoms with van der Waals surface area (Å²) < 4.78 is 2.31. The maximum atomic E-state index is 13.3. The average Bonchev–Trinajstić information content (AvgIpc) is 3.02. The van der Waals surface area contributed by atoms with Crippen molar-refractivity contribution in [2.24, 2.45) is 0 Å². The summed E-state index contributed by atoms with van der Waals surface area (Å²) in [4.78, 5) is 13.3. The van der Waals surface area contributed by atoms with Crippen LogP contribution in [-0.2, 0) is 0 Å². The van der Waals surface area contributed by atoms with E-state index in [0.717, 1.165) is 22.3 Å². The summed E-state index contributed by atoms with van der Waals surface area (Å²) >= 11 is 1.17. The van der Waals surface area contributed by atoms with E-state index in [-0.39, 0.29) is 11.1 Å². The number of hydrogen-bond donors (Lipinski definition) is 0. The van der Waals surface area contributed by atoms with E-state index in [1.807, 2.05) is 74.5 Å². The van der Waals surface area contributed by atoms with Crippen molar-refractivity contribution in [1.29, 1.82) is 10.5 Å². The van der Waals surface area contributed by atoms with Crippen LogP contribution in [0.2, 0.25) is 0 Å². The number of rotatable bonds is 3. The van der Waals surface area contributed by atoms with Crippen LogP contribution in [0.1, 0.15) is 42.0 Å². The van der Waals surface area contributed by atoms with E-state index in [0.29, 0.717) is 20.8 Å². The van der Waals surface area contributed by atoms with Crippen molar-refractivity contribution in [3.8, 4) is 17.8 Å². The van der Waals surface area contributed by atoms with Crippen molar-refractivity contribution in [2.45, 2.75) is 33.6 Å². The molecule has 1 heterocycles. The Morgan fingerprint density at radius 2 is 1.72 bits per heavy atom. The molecule has 2 aromatic carbocycles. The van der Waals surface area contributed by atoms with Gasteiger partial charge in [-0.15, -0.1) is 11.3 Å². The zero-order valence-electron chi connectivity index (χ0n) is 16.9. The molecule has 0 saturated heterocycles. The molecule has 0 amide bonds. The van der Waals surface area contributed by atoms with Gasteiger partial charge in [-0.25, -0.2) is 0 Å². The fourth-order valence-electron chi connectivity index (χ4n) is 3.07. The molecule has 3 aromatic rings. The summed E-state index contributed by atoms with van der Waals surface area (Å²) in [7, 11) is 0. The maximum absolute atomic E-state index is 13.3. The van der Waals surface area contributed by atoms with Gasteiger partial charge in [0.1, 0.15) is 16.8 Å². The third kappa shape index (κ3) is 4.06. The first kappa shape index (κ1) is 20.3. The van der Waals surface area contributed by atoms with E-state index in [9.17, 15) is 15.3 Å². The lowest BCUT2D eigenvalue weighted by Gasteiger charge is -2.07. The first-order valence-corrected chi connectivity index (χ1v) is 10.1. The lowest BCUT2D eigenvalue weighted by molar-refractivity contribution is 0.864. The van der Waals surface area contributed by atoms with Crippen molar-refractivity contribution in [3.63, 3.8) is 0 Å². The minimum absolute atomic E-state index is 0.0688. The number of hydrogen-bond acceptors (Lipinski definition) is 4. The summed E-state index contributed by atoms with van der Waals surface area (Å²) in [6, 6.07) is 17.6. The Labute approximate surface area is 173 Å². The van der Waals surface area contributed by atoms with Crippen LogP contribution in [0, 0.1) is 36.5 Å². The highest BCUT2D eigenvalue weighted by Crippen LogP contribution is 2.16. The smallest absolute Gasteiger partial charge is 0.267 e. The Hall–Kier alpha value is -3.41. The second-order valence-electron chi connectivity index (χ2n) is 7.26. The number of thiazole rings is 1. The molecule has 0 unspecified atom stereocenters. The van der Waals surface area contributed by atoms with Crippen LogP contribution in [0.4, 0.5) is 0 Å². The lowest BCUT2D eigenvalue weighted by Crippen LogP contribution is -2.30. The van der Waals surface area contributed by atoms with E-state index in [1.54, 1.807) is 0 Å². The van der Waals surface area contributed by atoms with Gasteiger partial charge < -0.3 is 0 Å². The molecule has 3 rings (SSSR count). The molecular weight excluding hydrogens is 378 g/mol. The molecule has 4 nitrogen and oxygen atoms in total. The van der Waals surface area contributed by atoms with Gasteiger partial charge in [-0.05, 0) is 54.7 Å². The van der Waals surface area contributed by atoms with Crippen LogP contribution in [-0.4, -0.2) is 4.57 Å². The molecule has 0 aliphatic heterocycles. The Morgan fingerprint density at radius 3 is 2.31 bits per heavy atom. The highest BCUT2D eigenvalue weighted by atomic mass is 32.1. The summed E-state index contributed by atoms with van der Waals surface area (Å²) in [5, 5.41) is 18.8. The van der Waals surface area contributed by atoms with Crippen LogP contribution in [0.5, 0.6) is 0 Å². The topological polar surface area (TPSA) is 69.6 Å². The van der Waals surface area contributed by atoms with Gasteiger partial charge in [0.15, 0.2) is 5.57 Å². The normalized spacial score (nSPS) is 11.3. The van der Waals surface area contributed by atoms with Gasteiger partial charge in [-0.3, -0.25) is 9.36 Å². The summed E-state index contributed by atoms with van der Waals surface area (Å²) in [6.45, 7) is 8.20. The van der Waals surface area contributed by atoms with Crippen LogP contribution in [0.25, 0.3) is 17.3 Å². The molecule has 0 spiro atoms. The van der Waals surface area contributed by atoms with Crippen LogP contribution < -0.4 is 14.8 Å². The molecule has 0 aliphatic rings. The molecular formula is C24H21N3OS. The lowest BCUT2D eigenvalue weighted by atomic mass is 10.0. The summed E-state index contributed by atoms with van der Waals surface area (Å²) in [5.41, 5.74) is 4.62. The van der Waals surface area contributed by atoms with Gasteiger partial charge in [0.25, 0.3) is 5.56 Å². The number of nitriles is 2. The quantitative estimate of drug-likeness (QED) is 0.675. The largest absolute Gasteiger partial charge is 0.273 e. The predicted molar refractivity (Wildman–Crippen MR) is 117 cm³/mol. The van der Waals surface area contributed by atoms with E-state index in [2.05, 4.69) is 13.8 Å². The molecule has 0 saturated carbocycles. The summed E-state index contributed by atoms with van der Waals surface area (Å²) in [5.74, 6) is 0.372. The molecule has 0 radical (unpaired) electrons. The standard InChI is InChI=1S/C24H21N3OS/c1-15(2)18-7-9-21(10-8-18)27-23(28)22(29-24(27)20(13-25)14-26)12-19-11-16(3)5-6-17(19)4/h5-12,15H,1-4H3/b22-12+. The Bertz CT molecular complexity index is 1310. The highest BCUT2D eigenvalue weighted by Gasteiger charge is 2.12. The van der Waals surface area contributed by atoms with E-state index < -0.39 is 0 Å². The molecule has 0 atom stereocenters. The van der Waals surface area contributed by atoms with Gasteiger partial charge in [0, 0.05) is 0 Å². The van der Waals surface area contributed by atoms with Crippen LogP contribution >= 0.6 is 11.3 Å². The van der Waals surface area contributed by atoms with Crippen molar-refractivity contribution in [3.05, 3.63) is 84.3 Å². The molecule has 0 fully saturated rings. The Balaban J connectivity index is 2.35. The molecule has 29 heavy (non-hydrogen) atoms. The minimum Gasteiger partial charge on any atom is -0.267 e. The molecule has 1 aromatic heterocycles. The third-order valence-corrected chi connectivity index (χ3v) is 5.89. The first-order valence-electron chi connectivity index (χ1n) is 9.31. The summed E-state index contributed by atoms with van der Waals surface area (Å²) in [6.07, 6.45) is 1.84. The monoisotopic (exact) mass is 399 g/mol. The van der Waals surface area contributed by atoms with Gasteiger partial charge >= 0.3 is 0 Å². The fraction of sp³-hybridized carbons (Fsp3) is 0.208. The molecule has 0 bridgehead atoms. The average molecular weight is 400 g/mol. The number of nitrogens with zero attached hydrogens (tertiary/aromatic N) is 3. The zero-order chi connectivity index (χ0) is 21.1. The van der Waals surface area contributed by atoms with Crippen molar-refractivity contribution in [1.82, 2.24) is 4.57 Å². The van der Waals surface area contributed by atoms with Gasteiger partial charge in [0.2, 0.25) is 0 Å². The number of aromatic nitrogens is 1.